The summed E-state index contributed by atoms with van der Waals surface area (Å²) in [4.78, 5) is 26.0. The Balaban J connectivity index is 2.13. The summed E-state index contributed by atoms with van der Waals surface area (Å²) < 4.78 is 1.82. The van der Waals surface area contributed by atoms with E-state index >= 15 is 0 Å². The lowest BCUT2D eigenvalue weighted by Gasteiger charge is -2.21. The van der Waals surface area contributed by atoms with Gasteiger partial charge in [-0.2, -0.15) is 5.10 Å². The Kier molecular flexibility index (Phi) is 4.61. The molecule has 2 amide bonds. The Morgan fingerprint density at radius 1 is 1.09 bits per heavy atom. The molecule has 2 aromatic heterocycles. The van der Waals surface area contributed by atoms with Gasteiger partial charge in [-0.05, 0) is 53.7 Å². The maximum atomic E-state index is 12.4. The van der Waals surface area contributed by atoms with Gasteiger partial charge in [-0.15, -0.1) is 11.3 Å². The summed E-state index contributed by atoms with van der Waals surface area (Å²) in [7, 11) is 0. The Morgan fingerprint density at radius 3 is 2.17 bits per heavy atom. The fourth-order valence-corrected chi connectivity index (χ4v) is 3.18. The highest BCUT2D eigenvalue weighted by atomic mass is 32.1. The highest BCUT2D eigenvalue weighted by Crippen LogP contribution is 2.21. The van der Waals surface area contributed by atoms with E-state index in [0.717, 1.165) is 10.6 Å². The molecule has 0 aromatic carbocycles. The number of aryl methyl sites for hydroxylation is 2. The largest absolute Gasteiger partial charge is 0.279 e. The van der Waals surface area contributed by atoms with Gasteiger partial charge in [-0.25, -0.2) is 0 Å². The van der Waals surface area contributed by atoms with E-state index in [0.29, 0.717) is 16.1 Å². The van der Waals surface area contributed by atoms with E-state index in [4.69, 9.17) is 0 Å². The van der Waals surface area contributed by atoms with Crippen LogP contribution in [0.2, 0.25) is 0 Å². The van der Waals surface area contributed by atoms with Crippen LogP contribution in [0.15, 0.2) is 12.1 Å². The summed E-state index contributed by atoms with van der Waals surface area (Å²) in [6.07, 6.45) is 0. The Labute approximate surface area is 139 Å². The van der Waals surface area contributed by atoms with Crippen molar-refractivity contribution >= 4 is 23.2 Å². The number of carbonyl (C=O) groups excluding carboxylic acids is 2. The van der Waals surface area contributed by atoms with Crippen molar-refractivity contribution in [3.05, 3.63) is 38.8 Å². The van der Waals surface area contributed by atoms with Gasteiger partial charge in [0, 0.05) is 10.6 Å². The molecule has 0 aliphatic rings. The Bertz CT molecular complexity index is 753. The van der Waals surface area contributed by atoms with E-state index in [-0.39, 0.29) is 17.4 Å². The normalized spacial score (nSPS) is 11.4. The van der Waals surface area contributed by atoms with E-state index < -0.39 is 0 Å². The molecule has 0 unspecified atom stereocenters. The number of nitrogens with zero attached hydrogens (tertiary/aromatic N) is 2. The lowest BCUT2D eigenvalue weighted by molar-refractivity contribution is 0.0848. The second kappa shape index (κ2) is 6.16. The van der Waals surface area contributed by atoms with Crippen LogP contribution >= 0.6 is 11.3 Å². The second-order valence-corrected chi connectivity index (χ2v) is 7.73. The van der Waals surface area contributed by atoms with Gasteiger partial charge in [0.05, 0.1) is 21.7 Å². The highest BCUT2D eigenvalue weighted by molar-refractivity contribution is 7.13. The molecule has 2 aromatic rings. The molecule has 0 aliphatic heterocycles. The molecule has 2 heterocycles. The molecule has 2 N–H and O–H groups in total. The van der Waals surface area contributed by atoms with Gasteiger partial charge in [-0.3, -0.25) is 25.1 Å². The molecule has 0 saturated carbocycles. The molecule has 0 atom stereocenters. The first kappa shape index (κ1) is 17.2. The first-order valence-corrected chi connectivity index (χ1v) is 8.16. The molecule has 124 valence electrons. The van der Waals surface area contributed by atoms with Crippen molar-refractivity contribution in [1.82, 2.24) is 20.6 Å². The minimum Gasteiger partial charge on any atom is -0.267 e. The van der Waals surface area contributed by atoms with Gasteiger partial charge in [0.25, 0.3) is 11.8 Å². The molecule has 6 nitrogen and oxygen atoms in total. The summed E-state index contributed by atoms with van der Waals surface area (Å²) in [6, 6.07) is 3.60. The van der Waals surface area contributed by atoms with Crippen LogP contribution in [0.1, 0.15) is 57.1 Å². The van der Waals surface area contributed by atoms with Gasteiger partial charge in [0.2, 0.25) is 0 Å². The van der Waals surface area contributed by atoms with E-state index in [1.165, 1.54) is 11.3 Å². The van der Waals surface area contributed by atoms with Crippen LogP contribution < -0.4 is 10.9 Å². The van der Waals surface area contributed by atoms with Crippen LogP contribution in [0.5, 0.6) is 0 Å². The molecule has 7 heteroatoms. The van der Waals surface area contributed by atoms with Crippen molar-refractivity contribution < 1.29 is 9.59 Å². The van der Waals surface area contributed by atoms with Gasteiger partial charge >= 0.3 is 0 Å². The Morgan fingerprint density at radius 2 is 1.70 bits per heavy atom. The quantitative estimate of drug-likeness (QED) is 0.829. The van der Waals surface area contributed by atoms with Crippen molar-refractivity contribution in [1.29, 1.82) is 0 Å². The molecule has 0 spiro atoms. The second-order valence-electron chi connectivity index (χ2n) is 6.45. The van der Waals surface area contributed by atoms with Gasteiger partial charge < -0.3 is 0 Å². The first-order chi connectivity index (χ1) is 10.6. The Hall–Kier alpha value is -2.15. The summed E-state index contributed by atoms with van der Waals surface area (Å²) in [5, 5.41) is 4.44. The molecule has 0 aliphatic carbocycles. The molecule has 0 bridgehead atoms. The summed E-state index contributed by atoms with van der Waals surface area (Å²) in [5.74, 6) is -0.688. The number of thiophene rings is 1. The van der Waals surface area contributed by atoms with Gasteiger partial charge in [0.1, 0.15) is 0 Å². The monoisotopic (exact) mass is 334 g/mol. The van der Waals surface area contributed by atoms with E-state index in [2.05, 4.69) is 16.0 Å². The van der Waals surface area contributed by atoms with Crippen LogP contribution in [0.4, 0.5) is 0 Å². The van der Waals surface area contributed by atoms with Crippen LogP contribution in [0.25, 0.3) is 0 Å². The number of carbonyl (C=O) groups is 2. The number of hydrogen-bond donors (Lipinski definition) is 2. The topological polar surface area (TPSA) is 76.0 Å². The van der Waals surface area contributed by atoms with E-state index in [1.54, 1.807) is 13.0 Å². The standard InChI is InChI=1S/C16H22N4O2S/c1-9-7-8-12(23-9)14(21)17-18-15(22)13-10(2)19-20(11(13)3)16(4,5)6/h7-8H,1-6H3,(H,17,21)(H,18,22). The minimum absolute atomic E-state index is 0.217. The van der Waals surface area contributed by atoms with Crippen LogP contribution in [-0.4, -0.2) is 21.6 Å². The summed E-state index contributed by atoms with van der Waals surface area (Å²) >= 11 is 1.38. The summed E-state index contributed by atoms with van der Waals surface area (Å²) in [5.41, 5.74) is 6.59. The predicted octanol–water partition coefficient (Wildman–Crippen LogP) is 2.70. The van der Waals surface area contributed by atoms with Crippen molar-refractivity contribution in [2.24, 2.45) is 0 Å². The summed E-state index contributed by atoms with van der Waals surface area (Å²) in [6.45, 7) is 11.6. The average Bonchev–Trinajstić information content (AvgIpc) is 2.99. The number of nitrogens with one attached hydrogen (secondary N) is 2. The number of amides is 2. The van der Waals surface area contributed by atoms with Crippen molar-refractivity contribution in [2.75, 3.05) is 0 Å². The SMILES string of the molecule is Cc1ccc(C(=O)NNC(=O)c2c(C)nn(C(C)(C)C)c2C)s1. The molecule has 0 saturated heterocycles. The molecular formula is C16H22N4O2S. The third kappa shape index (κ3) is 3.61. The zero-order valence-corrected chi connectivity index (χ0v) is 15.1. The van der Waals surface area contributed by atoms with Crippen LogP contribution in [0, 0.1) is 20.8 Å². The number of hydrogen-bond acceptors (Lipinski definition) is 4. The van der Waals surface area contributed by atoms with Crippen LogP contribution in [-0.2, 0) is 5.54 Å². The fraction of sp³-hybridized carbons (Fsp3) is 0.438. The lowest BCUT2D eigenvalue weighted by atomic mass is 10.1. The van der Waals surface area contributed by atoms with Gasteiger partial charge in [-0.1, -0.05) is 0 Å². The zero-order valence-electron chi connectivity index (χ0n) is 14.3. The smallest absolute Gasteiger partial charge is 0.267 e. The zero-order chi connectivity index (χ0) is 17.4. The van der Waals surface area contributed by atoms with Crippen molar-refractivity contribution in [2.45, 2.75) is 47.1 Å². The third-order valence-corrected chi connectivity index (χ3v) is 4.41. The third-order valence-electron chi connectivity index (χ3n) is 3.41. The molecule has 2 rings (SSSR count). The molecular weight excluding hydrogens is 312 g/mol. The lowest BCUT2D eigenvalue weighted by Crippen LogP contribution is -2.41. The fourth-order valence-electron chi connectivity index (χ4n) is 2.42. The van der Waals surface area contributed by atoms with Crippen LogP contribution in [0.3, 0.4) is 0 Å². The maximum Gasteiger partial charge on any atom is 0.279 e. The minimum atomic E-state index is -0.364. The molecule has 0 radical (unpaired) electrons. The average molecular weight is 334 g/mol. The van der Waals surface area contributed by atoms with Crippen molar-refractivity contribution in [3.8, 4) is 0 Å². The number of hydrazine groups is 1. The highest BCUT2D eigenvalue weighted by Gasteiger charge is 2.24. The van der Waals surface area contributed by atoms with Crippen molar-refractivity contribution in [3.63, 3.8) is 0 Å². The molecule has 23 heavy (non-hydrogen) atoms. The van der Waals surface area contributed by atoms with Gasteiger partial charge in [0.15, 0.2) is 0 Å². The maximum absolute atomic E-state index is 12.4. The molecule has 0 fully saturated rings. The first-order valence-electron chi connectivity index (χ1n) is 7.35. The van der Waals surface area contributed by atoms with E-state index in [9.17, 15) is 9.59 Å². The predicted molar refractivity (Wildman–Crippen MR) is 90.7 cm³/mol. The number of aromatic nitrogens is 2. The number of rotatable bonds is 2. The van der Waals surface area contributed by atoms with E-state index in [1.807, 2.05) is 45.4 Å².